The van der Waals surface area contributed by atoms with E-state index in [1.165, 1.54) is 0 Å². The molecule has 4 N–H and O–H groups in total. The van der Waals surface area contributed by atoms with E-state index in [1.54, 1.807) is 0 Å². The summed E-state index contributed by atoms with van der Waals surface area (Å²) in [4.78, 5) is 12.3. The molecule has 0 aliphatic carbocycles. The number of H-pyrrole nitrogens is 1. The second kappa shape index (κ2) is 5.99. The van der Waals surface area contributed by atoms with Gasteiger partial charge in [0, 0.05) is 5.56 Å². The third kappa shape index (κ3) is 2.91. The lowest BCUT2D eigenvalue weighted by Gasteiger charge is -2.13. The van der Waals surface area contributed by atoms with Crippen LogP contribution in [0, 0.1) is 13.8 Å². The van der Waals surface area contributed by atoms with Gasteiger partial charge < -0.3 is 15.6 Å². The average molecular weight is 291 g/mol. The summed E-state index contributed by atoms with van der Waals surface area (Å²) in [5, 5.41) is 13.6. The van der Waals surface area contributed by atoms with Crippen LogP contribution >= 0.6 is 0 Å². The minimum Gasteiger partial charge on any atom is -0.395 e. The average Bonchev–Trinajstić information content (AvgIpc) is 2.94. The third-order valence-corrected chi connectivity index (χ3v) is 3.47. The van der Waals surface area contributed by atoms with Gasteiger partial charge in [0.2, 0.25) is 0 Å². The molecule has 1 amide bonds. The summed E-state index contributed by atoms with van der Waals surface area (Å²) in [5.74, 6) is 0.389. The Morgan fingerprint density at radius 2 is 2.19 bits per heavy atom. The zero-order valence-corrected chi connectivity index (χ0v) is 12.8. The fraction of sp³-hybridized carbons (Fsp3) is 0.500. The summed E-state index contributed by atoms with van der Waals surface area (Å²) >= 11 is 0. The molecule has 0 saturated carbocycles. The van der Waals surface area contributed by atoms with E-state index in [1.807, 2.05) is 27.7 Å². The number of aryl methyl sites for hydroxylation is 3. The standard InChI is InChI=1S/C14H21N5O2/c1-5-6-10-12(15)13(18-17-10)14(20)16-7(2)11-8(3)19-21-9(11)4/h7H,5-6,15H2,1-4H3,(H,16,20)(H,17,18). The van der Waals surface area contributed by atoms with Gasteiger partial charge in [0.05, 0.1) is 23.1 Å². The van der Waals surface area contributed by atoms with Crippen LogP contribution in [0.5, 0.6) is 0 Å². The Labute approximate surface area is 123 Å². The van der Waals surface area contributed by atoms with E-state index in [-0.39, 0.29) is 17.6 Å². The van der Waals surface area contributed by atoms with Crippen molar-refractivity contribution in [1.29, 1.82) is 0 Å². The summed E-state index contributed by atoms with van der Waals surface area (Å²) in [5.41, 5.74) is 9.05. The molecular weight excluding hydrogens is 270 g/mol. The largest absolute Gasteiger partial charge is 0.395 e. The van der Waals surface area contributed by atoms with Gasteiger partial charge in [0.25, 0.3) is 5.91 Å². The molecule has 21 heavy (non-hydrogen) atoms. The molecule has 7 nitrogen and oxygen atoms in total. The highest BCUT2D eigenvalue weighted by Gasteiger charge is 2.22. The molecule has 2 heterocycles. The molecule has 0 aliphatic heterocycles. The Kier molecular flexibility index (Phi) is 4.30. The maximum atomic E-state index is 12.3. The maximum absolute atomic E-state index is 12.3. The zero-order chi connectivity index (χ0) is 15.6. The Morgan fingerprint density at radius 3 is 2.76 bits per heavy atom. The predicted molar refractivity (Wildman–Crippen MR) is 78.9 cm³/mol. The number of hydrogen-bond acceptors (Lipinski definition) is 5. The number of nitrogens with one attached hydrogen (secondary N) is 2. The van der Waals surface area contributed by atoms with Gasteiger partial charge in [-0.05, 0) is 27.2 Å². The van der Waals surface area contributed by atoms with Crippen molar-refractivity contribution >= 4 is 11.6 Å². The van der Waals surface area contributed by atoms with Gasteiger partial charge in [-0.2, -0.15) is 5.10 Å². The molecule has 7 heteroatoms. The van der Waals surface area contributed by atoms with Crippen LogP contribution in [0.2, 0.25) is 0 Å². The monoisotopic (exact) mass is 291 g/mol. The Balaban J connectivity index is 2.15. The first-order chi connectivity index (χ1) is 9.95. The number of anilines is 1. The fourth-order valence-corrected chi connectivity index (χ4v) is 2.45. The van der Waals surface area contributed by atoms with Crippen LogP contribution in [0.4, 0.5) is 5.69 Å². The minimum absolute atomic E-state index is 0.227. The van der Waals surface area contributed by atoms with E-state index < -0.39 is 0 Å². The Hall–Kier alpha value is -2.31. The first-order valence-corrected chi connectivity index (χ1v) is 7.02. The molecular formula is C14H21N5O2. The van der Waals surface area contributed by atoms with Crippen LogP contribution in [-0.4, -0.2) is 21.3 Å². The first kappa shape index (κ1) is 15.1. The van der Waals surface area contributed by atoms with Crippen molar-refractivity contribution in [2.24, 2.45) is 0 Å². The van der Waals surface area contributed by atoms with Gasteiger partial charge in [-0.1, -0.05) is 18.5 Å². The van der Waals surface area contributed by atoms with Crippen LogP contribution in [0.15, 0.2) is 4.52 Å². The summed E-state index contributed by atoms with van der Waals surface area (Å²) in [6.45, 7) is 7.58. The number of nitrogens with zero attached hydrogens (tertiary/aromatic N) is 2. The van der Waals surface area contributed by atoms with E-state index in [0.717, 1.165) is 29.8 Å². The minimum atomic E-state index is -0.307. The number of carbonyl (C=O) groups excluding carboxylic acids is 1. The quantitative estimate of drug-likeness (QED) is 0.780. The first-order valence-electron chi connectivity index (χ1n) is 7.02. The molecule has 1 atom stereocenters. The molecule has 0 aromatic carbocycles. The fourth-order valence-electron chi connectivity index (χ4n) is 2.45. The molecule has 0 bridgehead atoms. The third-order valence-electron chi connectivity index (χ3n) is 3.47. The predicted octanol–water partition coefficient (Wildman–Crippen LogP) is 2.04. The summed E-state index contributed by atoms with van der Waals surface area (Å²) in [6.07, 6.45) is 1.70. The van der Waals surface area contributed by atoms with Crippen LogP contribution in [0.25, 0.3) is 0 Å². The SMILES string of the molecule is CCCc1[nH]nc(C(=O)NC(C)c2c(C)noc2C)c1N. The summed E-state index contributed by atoms with van der Waals surface area (Å²) in [6, 6.07) is -0.227. The van der Waals surface area contributed by atoms with E-state index in [9.17, 15) is 4.79 Å². The van der Waals surface area contributed by atoms with Gasteiger partial charge >= 0.3 is 0 Å². The topological polar surface area (TPSA) is 110 Å². The molecule has 0 saturated heterocycles. The lowest BCUT2D eigenvalue weighted by atomic mass is 10.1. The maximum Gasteiger partial charge on any atom is 0.274 e. The molecule has 1 unspecified atom stereocenters. The summed E-state index contributed by atoms with van der Waals surface area (Å²) < 4.78 is 5.12. The molecule has 0 aliphatic rings. The van der Waals surface area contributed by atoms with Gasteiger partial charge in [0.15, 0.2) is 5.69 Å². The Bertz CT molecular complexity index is 624. The van der Waals surface area contributed by atoms with E-state index in [2.05, 4.69) is 20.7 Å². The number of hydrogen-bond donors (Lipinski definition) is 3. The highest BCUT2D eigenvalue weighted by molar-refractivity contribution is 5.97. The lowest BCUT2D eigenvalue weighted by molar-refractivity contribution is 0.0935. The van der Waals surface area contributed by atoms with Gasteiger partial charge in [-0.3, -0.25) is 9.89 Å². The number of aromatic amines is 1. The molecule has 0 spiro atoms. The lowest BCUT2D eigenvalue weighted by Crippen LogP contribution is -2.28. The summed E-state index contributed by atoms with van der Waals surface area (Å²) in [7, 11) is 0. The Morgan fingerprint density at radius 1 is 1.48 bits per heavy atom. The van der Waals surface area contributed by atoms with Gasteiger partial charge in [0.1, 0.15) is 5.76 Å². The zero-order valence-electron chi connectivity index (χ0n) is 12.8. The van der Waals surface area contributed by atoms with E-state index in [0.29, 0.717) is 11.4 Å². The van der Waals surface area contributed by atoms with Crippen molar-refractivity contribution in [3.63, 3.8) is 0 Å². The van der Waals surface area contributed by atoms with Crippen LogP contribution in [-0.2, 0) is 6.42 Å². The smallest absolute Gasteiger partial charge is 0.274 e. The second-order valence-electron chi connectivity index (χ2n) is 5.15. The van der Waals surface area contributed by atoms with Crippen molar-refractivity contribution < 1.29 is 9.32 Å². The molecule has 2 rings (SSSR count). The number of amides is 1. The molecule has 2 aromatic rings. The van der Waals surface area contributed by atoms with E-state index >= 15 is 0 Å². The molecule has 0 radical (unpaired) electrons. The van der Waals surface area contributed by atoms with Gasteiger partial charge in [-0.25, -0.2) is 0 Å². The molecule has 114 valence electrons. The number of rotatable bonds is 5. The number of nitrogen functional groups attached to an aromatic ring is 1. The van der Waals surface area contributed by atoms with Crippen LogP contribution < -0.4 is 11.1 Å². The van der Waals surface area contributed by atoms with E-state index in [4.69, 9.17) is 10.3 Å². The number of nitrogens with two attached hydrogens (primary N) is 1. The van der Waals surface area contributed by atoms with Crippen molar-refractivity contribution in [3.05, 3.63) is 28.4 Å². The van der Waals surface area contributed by atoms with Crippen LogP contribution in [0.1, 0.15) is 59.5 Å². The van der Waals surface area contributed by atoms with Crippen molar-refractivity contribution in [2.45, 2.75) is 46.6 Å². The highest BCUT2D eigenvalue weighted by atomic mass is 16.5. The highest BCUT2D eigenvalue weighted by Crippen LogP contribution is 2.22. The van der Waals surface area contributed by atoms with Crippen LogP contribution in [0.3, 0.4) is 0 Å². The number of aromatic nitrogens is 3. The molecule has 0 fully saturated rings. The normalized spacial score (nSPS) is 12.4. The van der Waals surface area contributed by atoms with Crippen molar-refractivity contribution in [1.82, 2.24) is 20.7 Å². The number of carbonyl (C=O) groups is 1. The van der Waals surface area contributed by atoms with Crippen molar-refractivity contribution in [2.75, 3.05) is 5.73 Å². The molecule has 2 aromatic heterocycles. The van der Waals surface area contributed by atoms with Crippen molar-refractivity contribution in [3.8, 4) is 0 Å². The second-order valence-corrected chi connectivity index (χ2v) is 5.15. The van der Waals surface area contributed by atoms with Gasteiger partial charge in [-0.15, -0.1) is 0 Å².